The Morgan fingerprint density at radius 1 is 1.11 bits per heavy atom. The van der Waals surface area contributed by atoms with Crippen molar-refractivity contribution < 1.29 is 9.84 Å². The first-order valence-electron chi connectivity index (χ1n) is 10.2. The third-order valence-electron chi connectivity index (χ3n) is 5.75. The molecule has 0 radical (unpaired) electrons. The summed E-state index contributed by atoms with van der Waals surface area (Å²) in [4.78, 5) is 2.90. The Balaban J connectivity index is 2.29. The van der Waals surface area contributed by atoms with Crippen LogP contribution in [0.1, 0.15) is 68.3 Å². The van der Waals surface area contributed by atoms with Crippen LogP contribution in [0.15, 0.2) is 30.3 Å². The van der Waals surface area contributed by atoms with E-state index in [1.54, 1.807) is 0 Å². The Morgan fingerprint density at radius 2 is 1.79 bits per heavy atom. The molecule has 0 saturated heterocycles. The summed E-state index contributed by atoms with van der Waals surface area (Å²) in [5.41, 5.74) is 2.36. The topological polar surface area (TPSA) is 29.5 Å². The Hall–Kier alpha value is -0.970. The van der Waals surface area contributed by atoms with Gasteiger partial charge in [-0.1, -0.05) is 46.8 Å². The molecular formula is C24H36O2S2. The maximum atomic E-state index is 10.3. The highest BCUT2D eigenvalue weighted by molar-refractivity contribution is 7.97. The van der Waals surface area contributed by atoms with Gasteiger partial charge in [0.15, 0.2) is 0 Å². The van der Waals surface area contributed by atoms with Crippen LogP contribution in [-0.4, -0.2) is 24.1 Å². The monoisotopic (exact) mass is 420 g/mol. The van der Waals surface area contributed by atoms with Gasteiger partial charge >= 0.3 is 0 Å². The fourth-order valence-electron chi connectivity index (χ4n) is 3.53. The number of hydrogen-bond acceptors (Lipinski definition) is 4. The van der Waals surface area contributed by atoms with Gasteiger partial charge in [-0.25, -0.2) is 0 Å². The van der Waals surface area contributed by atoms with Gasteiger partial charge in [0, 0.05) is 20.9 Å². The minimum absolute atomic E-state index is 0.0511. The number of rotatable bonds is 9. The van der Waals surface area contributed by atoms with Crippen LogP contribution in [0.4, 0.5) is 0 Å². The van der Waals surface area contributed by atoms with Crippen LogP contribution < -0.4 is 4.74 Å². The molecule has 2 nitrogen and oxygen atoms in total. The molecule has 1 aromatic heterocycles. The zero-order valence-electron chi connectivity index (χ0n) is 18.5. The number of hydrogen-bond donors (Lipinski definition) is 1. The van der Waals surface area contributed by atoms with Crippen molar-refractivity contribution in [1.82, 2.24) is 0 Å². The second-order valence-corrected chi connectivity index (χ2v) is 10.7. The van der Waals surface area contributed by atoms with Crippen LogP contribution in [0.25, 0.3) is 0 Å². The predicted octanol–water partition coefficient (Wildman–Crippen LogP) is 6.81. The van der Waals surface area contributed by atoms with Gasteiger partial charge in [0.2, 0.25) is 0 Å². The maximum absolute atomic E-state index is 10.3. The minimum Gasteiger partial charge on any atom is -0.491 e. The Kier molecular flexibility index (Phi) is 8.06. The Morgan fingerprint density at radius 3 is 2.32 bits per heavy atom. The number of ether oxygens (including phenoxy) is 1. The number of aliphatic hydroxyl groups is 1. The molecule has 0 amide bonds. The average molecular weight is 421 g/mol. The molecule has 4 heteroatoms. The smallest absolute Gasteiger partial charge is 0.122 e. The molecule has 1 N–H and O–H groups in total. The third-order valence-corrected chi connectivity index (χ3v) is 7.82. The summed E-state index contributed by atoms with van der Waals surface area (Å²) in [7, 11) is 0. The third kappa shape index (κ3) is 5.14. The van der Waals surface area contributed by atoms with Crippen LogP contribution in [0.5, 0.6) is 5.75 Å². The van der Waals surface area contributed by atoms with Crippen molar-refractivity contribution in [2.75, 3.05) is 12.9 Å². The highest BCUT2D eigenvalue weighted by Gasteiger charge is 2.32. The van der Waals surface area contributed by atoms with E-state index < -0.39 is 6.10 Å². The van der Waals surface area contributed by atoms with Crippen LogP contribution >= 0.6 is 23.1 Å². The van der Waals surface area contributed by atoms with Crippen molar-refractivity contribution in [3.05, 3.63) is 51.2 Å². The minimum atomic E-state index is -0.488. The van der Waals surface area contributed by atoms with E-state index in [9.17, 15) is 5.11 Å². The molecule has 1 aromatic carbocycles. The van der Waals surface area contributed by atoms with Crippen LogP contribution in [0.2, 0.25) is 0 Å². The van der Waals surface area contributed by atoms with Crippen molar-refractivity contribution in [3.63, 3.8) is 0 Å². The highest BCUT2D eigenvalue weighted by atomic mass is 32.2. The first-order chi connectivity index (χ1) is 13.2. The van der Waals surface area contributed by atoms with Gasteiger partial charge in [0.05, 0.1) is 6.10 Å². The molecule has 2 aromatic rings. The van der Waals surface area contributed by atoms with Gasteiger partial charge in [0.25, 0.3) is 0 Å². The van der Waals surface area contributed by atoms with Gasteiger partial charge in [-0.05, 0) is 60.8 Å². The summed E-state index contributed by atoms with van der Waals surface area (Å²) in [5.74, 6) is 1.94. The highest BCUT2D eigenvalue weighted by Crippen LogP contribution is 2.43. The van der Waals surface area contributed by atoms with E-state index in [4.69, 9.17) is 4.74 Å². The summed E-state index contributed by atoms with van der Waals surface area (Å²) in [5, 5.41) is 10.3. The van der Waals surface area contributed by atoms with Crippen LogP contribution in [0, 0.1) is 12.3 Å². The van der Waals surface area contributed by atoms with Crippen molar-refractivity contribution in [3.8, 4) is 5.75 Å². The van der Waals surface area contributed by atoms with Crippen LogP contribution in [0.3, 0.4) is 0 Å². The lowest BCUT2D eigenvalue weighted by Crippen LogP contribution is -2.32. The second-order valence-electron chi connectivity index (χ2n) is 8.66. The normalized spacial score (nSPS) is 13.6. The quantitative estimate of drug-likeness (QED) is 0.483. The molecule has 0 bridgehead atoms. The van der Waals surface area contributed by atoms with E-state index in [1.165, 1.54) is 15.3 Å². The summed E-state index contributed by atoms with van der Waals surface area (Å²) >= 11 is 3.83. The molecular weight excluding hydrogens is 384 g/mol. The lowest BCUT2D eigenvalue weighted by molar-refractivity contribution is 0.0216. The zero-order valence-corrected chi connectivity index (χ0v) is 20.1. The molecule has 1 atom stereocenters. The van der Waals surface area contributed by atoms with Gasteiger partial charge < -0.3 is 9.84 Å². The molecule has 0 saturated carbocycles. The summed E-state index contributed by atoms with van der Waals surface area (Å²) in [6.07, 6.45) is 3.82. The predicted molar refractivity (Wildman–Crippen MR) is 125 cm³/mol. The molecule has 0 spiro atoms. The van der Waals surface area contributed by atoms with Crippen LogP contribution in [-0.2, 0) is 11.2 Å². The molecule has 0 aliphatic heterocycles. The van der Waals surface area contributed by atoms with Crippen molar-refractivity contribution in [2.45, 2.75) is 71.7 Å². The maximum Gasteiger partial charge on any atom is 0.122 e. The Labute approximate surface area is 179 Å². The number of thioether (sulfide) groups is 1. The molecule has 1 unspecified atom stereocenters. The van der Waals surface area contributed by atoms with Gasteiger partial charge in [0.1, 0.15) is 12.4 Å². The van der Waals surface area contributed by atoms with E-state index >= 15 is 0 Å². The van der Waals surface area contributed by atoms with Crippen molar-refractivity contribution in [1.29, 1.82) is 0 Å². The van der Waals surface area contributed by atoms with E-state index in [-0.39, 0.29) is 10.8 Å². The lowest BCUT2D eigenvalue weighted by atomic mass is 9.74. The van der Waals surface area contributed by atoms with E-state index in [0.717, 1.165) is 29.9 Å². The Bertz CT molecular complexity index is 754. The average Bonchev–Trinajstić information content (AvgIpc) is 3.11. The summed E-state index contributed by atoms with van der Waals surface area (Å²) in [6, 6.07) is 11.2. The second kappa shape index (κ2) is 9.69. The molecule has 0 aliphatic rings. The van der Waals surface area contributed by atoms with Gasteiger partial charge in [-0.2, -0.15) is 11.8 Å². The van der Waals surface area contributed by atoms with Crippen molar-refractivity contribution >= 4 is 23.1 Å². The fourth-order valence-corrected chi connectivity index (χ4v) is 5.66. The van der Waals surface area contributed by atoms with E-state index in [2.05, 4.69) is 57.4 Å². The molecule has 1 heterocycles. The first kappa shape index (κ1) is 23.3. The summed E-state index contributed by atoms with van der Waals surface area (Å²) < 4.78 is 5.95. The lowest BCUT2D eigenvalue weighted by Gasteiger charge is -2.32. The number of benzene rings is 1. The first-order valence-corrected chi connectivity index (χ1v) is 12.4. The molecule has 28 heavy (non-hydrogen) atoms. The standard InChI is InChI=1S/C24H36O2S2/c1-8-24(9-2,22-13-11-19(28-22)16-27-7)18-10-12-20(17(3)14-18)26-15-21(25)23(4,5)6/h10-14,21,25H,8-9,15-16H2,1-7H3. The summed E-state index contributed by atoms with van der Waals surface area (Å²) in [6.45, 7) is 13.1. The van der Waals surface area contributed by atoms with Gasteiger partial charge in [-0.15, -0.1) is 11.3 Å². The van der Waals surface area contributed by atoms with Crippen molar-refractivity contribution in [2.24, 2.45) is 5.41 Å². The number of thiophene rings is 1. The molecule has 2 rings (SSSR count). The fraction of sp³-hybridized carbons (Fsp3) is 0.583. The van der Waals surface area contributed by atoms with Gasteiger partial charge in [-0.3, -0.25) is 0 Å². The van der Waals surface area contributed by atoms with E-state index in [0.29, 0.717) is 6.61 Å². The molecule has 0 fully saturated rings. The number of aliphatic hydroxyl groups excluding tert-OH is 1. The SMILES string of the molecule is CCC(CC)(c1ccc(OCC(O)C(C)(C)C)c(C)c1)c1ccc(CSC)s1. The number of aryl methyl sites for hydroxylation is 1. The molecule has 0 aliphatic carbocycles. The van der Waals surface area contributed by atoms with E-state index in [1.807, 2.05) is 43.9 Å². The zero-order chi connectivity index (χ0) is 20.9. The largest absolute Gasteiger partial charge is 0.491 e. The molecule has 156 valence electrons.